The fraction of sp³-hybridized carbons (Fsp3) is 0.652. The van der Waals surface area contributed by atoms with Gasteiger partial charge in [0.15, 0.2) is 0 Å². The first kappa shape index (κ1) is 21.2. The number of nitrogens with one attached hydrogen (secondary N) is 1. The number of hydrogen-bond donors (Lipinski definition) is 1. The molecule has 2 saturated carbocycles. The fourth-order valence-electron chi connectivity index (χ4n) is 5.30. The Morgan fingerprint density at radius 1 is 1.18 bits per heavy atom. The van der Waals surface area contributed by atoms with Crippen LogP contribution in [-0.2, 0) is 20.7 Å². The highest BCUT2D eigenvalue weighted by Crippen LogP contribution is 2.54. The fourth-order valence-corrected chi connectivity index (χ4v) is 5.52. The lowest BCUT2D eigenvalue weighted by molar-refractivity contribution is -0.140. The van der Waals surface area contributed by atoms with E-state index in [0.717, 1.165) is 42.7 Å². The Morgan fingerprint density at radius 3 is 2.79 bits per heavy atom. The van der Waals surface area contributed by atoms with E-state index < -0.39 is 0 Å². The van der Waals surface area contributed by atoms with Crippen molar-refractivity contribution >= 4 is 23.5 Å². The summed E-state index contributed by atoms with van der Waals surface area (Å²) in [4.78, 5) is 24.1. The van der Waals surface area contributed by atoms with Gasteiger partial charge in [0.25, 0.3) is 0 Å². The minimum absolute atomic E-state index is 0.128. The molecule has 28 heavy (non-hydrogen) atoms. The van der Waals surface area contributed by atoms with Crippen molar-refractivity contribution in [3.8, 4) is 0 Å². The lowest BCUT2D eigenvalue weighted by Gasteiger charge is -2.30. The molecule has 2 fully saturated rings. The SMILES string of the molecule is COC(=O)CCCCCC1C2CCC(C2)C1C(=O)NCCc1cccc(Cl)c1. The minimum atomic E-state index is -0.128. The van der Waals surface area contributed by atoms with E-state index in [1.807, 2.05) is 24.3 Å². The summed E-state index contributed by atoms with van der Waals surface area (Å²) in [5.74, 6) is 2.10. The van der Waals surface area contributed by atoms with E-state index in [2.05, 4.69) is 5.32 Å². The molecule has 154 valence electrons. The molecule has 3 rings (SSSR count). The number of ether oxygens (including phenoxy) is 1. The molecule has 4 unspecified atom stereocenters. The van der Waals surface area contributed by atoms with E-state index in [-0.39, 0.29) is 17.8 Å². The highest BCUT2D eigenvalue weighted by Gasteiger charge is 2.49. The number of carbonyl (C=O) groups excluding carboxylic acids is 2. The van der Waals surface area contributed by atoms with Gasteiger partial charge in [-0.2, -0.15) is 0 Å². The van der Waals surface area contributed by atoms with Gasteiger partial charge in [0.1, 0.15) is 0 Å². The molecule has 2 aliphatic rings. The number of methoxy groups -OCH3 is 1. The quantitative estimate of drug-likeness (QED) is 0.450. The van der Waals surface area contributed by atoms with Crippen molar-refractivity contribution < 1.29 is 14.3 Å². The first-order chi connectivity index (χ1) is 13.6. The number of benzene rings is 1. The van der Waals surface area contributed by atoms with Crippen LogP contribution in [0.2, 0.25) is 5.02 Å². The van der Waals surface area contributed by atoms with E-state index in [1.165, 1.54) is 26.4 Å². The largest absolute Gasteiger partial charge is 0.469 e. The van der Waals surface area contributed by atoms with E-state index in [1.54, 1.807) is 0 Å². The third-order valence-electron chi connectivity index (χ3n) is 6.64. The van der Waals surface area contributed by atoms with Crippen molar-refractivity contribution in [2.75, 3.05) is 13.7 Å². The first-order valence-corrected chi connectivity index (χ1v) is 11.0. The molecule has 0 saturated heterocycles. The predicted octanol–water partition coefficient (Wildman–Crippen LogP) is 4.78. The number of amides is 1. The van der Waals surface area contributed by atoms with Crippen LogP contribution in [0.25, 0.3) is 0 Å². The molecule has 0 aliphatic heterocycles. The molecule has 4 nitrogen and oxygen atoms in total. The second-order valence-corrected chi connectivity index (χ2v) is 8.81. The van der Waals surface area contributed by atoms with Gasteiger partial charge in [-0.15, -0.1) is 0 Å². The molecule has 0 heterocycles. The summed E-state index contributed by atoms with van der Waals surface area (Å²) in [6, 6.07) is 7.83. The van der Waals surface area contributed by atoms with E-state index in [0.29, 0.717) is 30.7 Å². The summed E-state index contributed by atoms with van der Waals surface area (Å²) in [6.45, 7) is 0.666. The van der Waals surface area contributed by atoms with Crippen molar-refractivity contribution in [2.45, 2.75) is 57.8 Å². The van der Waals surface area contributed by atoms with Crippen molar-refractivity contribution in [1.29, 1.82) is 0 Å². The van der Waals surface area contributed by atoms with Crippen molar-refractivity contribution in [2.24, 2.45) is 23.7 Å². The maximum absolute atomic E-state index is 12.9. The summed E-state index contributed by atoms with van der Waals surface area (Å²) in [5.41, 5.74) is 1.16. The van der Waals surface area contributed by atoms with Gasteiger partial charge in [-0.1, -0.05) is 36.6 Å². The smallest absolute Gasteiger partial charge is 0.305 e. The van der Waals surface area contributed by atoms with Gasteiger partial charge in [0.2, 0.25) is 5.91 Å². The van der Waals surface area contributed by atoms with Crippen molar-refractivity contribution in [1.82, 2.24) is 5.32 Å². The zero-order valence-corrected chi connectivity index (χ0v) is 17.5. The lowest BCUT2D eigenvalue weighted by Crippen LogP contribution is -2.39. The summed E-state index contributed by atoms with van der Waals surface area (Å²) >= 11 is 6.04. The Balaban J connectivity index is 1.44. The Bertz CT molecular complexity index is 678. The Hall–Kier alpha value is -1.55. The molecule has 1 N–H and O–H groups in total. The van der Waals surface area contributed by atoms with Gasteiger partial charge in [0.05, 0.1) is 7.11 Å². The van der Waals surface area contributed by atoms with Crippen LogP contribution >= 0.6 is 11.6 Å². The third-order valence-corrected chi connectivity index (χ3v) is 6.87. The monoisotopic (exact) mass is 405 g/mol. The maximum Gasteiger partial charge on any atom is 0.305 e. The number of hydrogen-bond acceptors (Lipinski definition) is 3. The normalized spacial score (nSPS) is 25.6. The number of rotatable bonds is 10. The maximum atomic E-state index is 12.9. The molecule has 2 bridgehead atoms. The van der Waals surface area contributed by atoms with E-state index in [9.17, 15) is 9.59 Å². The lowest BCUT2D eigenvalue weighted by atomic mass is 9.76. The molecule has 0 spiro atoms. The van der Waals surface area contributed by atoms with Crippen LogP contribution in [-0.4, -0.2) is 25.5 Å². The number of carbonyl (C=O) groups is 2. The Labute approximate surface area is 173 Å². The molecule has 5 heteroatoms. The third kappa shape index (κ3) is 5.50. The van der Waals surface area contributed by atoms with Gasteiger partial charge in [-0.3, -0.25) is 9.59 Å². The number of esters is 1. The Morgan fingerprint density at radius 2 is 2.00 bits per heavy atom. The molecule has 1 aromatic carbocycles. The zero-order chi connectivity index (χ0) is 19.9. The number of fused-ring (bicyclic) bond motifs is 2. The zero-order valence-electron chi connectivity index (χ0n) is 16.8. The molecule has 4 atom stereocenters. The molecule has 2 aliphatic carbocycles. The van der Waals surface area contributed by atoms with Crippen LogP contribution in [0.5, 0.6) is 0 Å². The van der Waals surface area contributed by atoms with Gasteiger partial charge in [0, 0.05) is 23.9 Å². The van der Waals surface area contributed by atoms with E-state index >= 15 is 0 Å². The van der Waals surface area contributed by atoms with Crippen LogP contribution in [0.4, 0.5) is 0 Å². The second-order valence-electron chi connectivity index (χ2n) is 8.37. The molecule has 0 radical (unpaired) electrons. The van der Waals surface area contributed by atoms with Gasteiger partial charge >= 0.3 is 5.97 Å². The highest BCUT2D eigenvalue weighted by atomic mass is 35.5. The summed E-state index contributed by atoms with van der Waals surface area (Å²) in [6.07, 6.45) is 9.13. The van der Waals surface area contributed by atoms with Crippen LogP contribution < -0.4 is 5.32 Å². The molecule has 0 aromatic heterocycles. The summed E-state index contributed by atoms with van der Waals surface area (Å²) < 4.78 is 4.70. The topological polar surface area (TPSA) is 55.4 Å². The van der Waals surface area contributed by atoms with Gasteiger partial charge < -0.3 is 10.1 Å². The van der Waals surface area contributed by atoms with Gasteiger partial charge in [-0.05, 0) is 74.0 Å². The average Bonchev–Trinajstić information content (AvgIpc) is 3.29. The second kappa shape index (κ2) is 10.3. The van der Waals surface area contributed by atoms with Gasteiger partial charge in [-0.25, -0.2) is 0 Å². The van der Waals surface area contributed by atoms with Crippen LogP contribution in [0.1, 0.15) is 56.9 Å². The minimum Gasteiger partial charge on any atom is -0.469 e. The highest BCUT2D eigenvalue weighted by molar-refractivity contribution is 6.30. The molecule has 1 amide bonds. The van der Waals surface area contributed by atoms with Crippen LogP contribution in [0.3, 0.4) is 0 Å². The van der Waals surface area contributed by atoms with Crippen LogP contribution in [0.15, 0.2) is 24.3 Å². The van der Waals surface area contributed by atoms with E-state index in [4.69, 9.17) is 16.3 Å². The average molecular weight is 406 g/mol. The molecular formula is C23H32ClNO3. The number of halogens is 1. The van der Waals surface area contributed by atoms with Crippen molar-refractivity contribution in [3.05, 3.63) is 34.9 Å². The Kier molecular flexibility index (Phi) is 7.78. The first-order valence-electron chi connectivity index (χ1n) is 10.7. The summed E-state index contributed by atoms with van der Waals surface area (Å²) in [5, 5.41) is 3.93. The standard InChI is InChI=1S/C23H32ClNO3/c1-28-21(26)9-4-2-3-8-20-17-10-11-18(15-17)22(20)23(27)25-13-12-16-6-5-7-19(24)14-16/h5-7,14,17-18,20,22H,2-4,8-13,15H2,1H3,(H,25,27). The van der Waals surface area contributed by atoms with Crippen molar-refractivity contribution in [3.63, 3.8) is 0 Å². The summed E-state index contributed by atoms with van der Waals surface area (Å²) in [7, 11) is 1.44. The predicted molar refractivity (Wildman–Crippen MR) is 111 cm³/mol. The molecular weight excluding hydrogens is 374 g/mol. The molecule has 1 aromatic rings. The van der Waals surface area contributed by atoms with Crippen LogP contribution in [0, 0.1) is 23.7 Å². The number of unbranched alkanes of at least 4 members (excludes halogenated alkanes) is 2.